The first-order valence-electron chi connectivity index (χ1n) is 7.05. The standard InChI is InChI=1S/C16H19I/c17-15-3-1-12(2-4-15)16-13-6-10-5-11(8-13)9-14(16)7-10/h1-4,10-11,13-14,16H,5-9H2. The molecule has 4 aliphatic carbocycles. The van der Waals surface area contributed by atoms with Crippen LogP contribution in [-0.4, -0.2) is 0 Å². The number of rotatable bonds is 1. The van der Waals surface area contributed by atoms with Gasteiger partial charge in [-0.25, -0.2) is 0 Å². The first-order valence-corrected chi connectivity index (χ1v) is 8.13. The van der Waals surface area contributed by atoms with E-state index < -0.39 is 0 Å². The highest BCUT2D eigenvalue weighted by atomic mass is 127. The van der Waals surface area contributed by atoms with Crippen LogP contribution in [0.5, 0.6) is 0 Å². The first kappa shape index (κ1) is 10.8. The Morgan fingerprint density at radius 3 is 1.82 bits per heavy atom. The van der Waals surface area contributed by atoms with Crippen molar-refractivity contribution in [1.29, 1.82) is 0 Å². The zero-order valence-electron chi connectivity index (χ0n) is 10.1. The predicted molar refractivity (Wildman–Crippen MR) is 78.9 cm³/mol. The molecule has 0 saturated heterocycles. The molecule has 4 saturated carbocycles. The topological polar surface area (TPSA) is 0 Å². The third-order valence-corrected chi connectivity index (χ3v) is 6.20. The molecule has 0 spiro atoms. The minimum absolute atomic E-state index is 0.903. The van der Waals surface area contributed by atoms with Gasteiger partial charge in [-0.1, -0.05) is 12.1 Å². The van der Waals surface area contributed by atoms with Crippen LogP contribution in [0.2, 0.25) is 0 Å². The van der Waals surface area contributed by atoms with Gasteiger partial charge in [-0.2, -0.15) is 0 Å². The van der Waals surface area contributed by atoms with Crippen molar-refractivity contribution >= 4 is 22.6 Å². The first-order chi connectivity index (χ1) is 8.29. The zero-order valence-corrected chi connectivity index (χ0v) is 12.3. The van der Waals surface area contributed by atoms with Gasteiger partial charge in [0.05, 0.1) is 0 Å². The molecule has 0 heterocycles. The van der Waals surface area contributed by atoms with Gasteiger partial charge >= 0.3 is 0 Å². The highest BCUT2D eigenvalue weighted by molar-refractivity contribution is 14.1. The largest absolute Gasteiger partial charge is 0.0577 e. The van der Waals surface area contributed by atoms with E-state index in [4.69, 9.17) is 0 Å². The van der Waals surface area contributed by atoms with Gasteiger partial charge in [-0.3, -0.25) is 0 Å². The molecule has 0 radical (unpaired) electrons. The van der Waals surface area contributed by atoms with Crippen molar-refractivity contribution in [3.8, 4) is 0 Å². The molecule has 1 aromatic carbocycles. The Balaban J connectivity index is 1.68. The summed E-state index contributed by atoms with van der Waals surface area (Å²) < 4.78 is 1.37. The summed E-state index contributed by atoms with van der Waals surface area (Å²) in [5.41, 5.74) is 1.64. The Bertz CT molecular complexity index is 392. The SMILES string of the molecule is Ic1ccc(C2C3CC4CC(C3)CC2C4)cc1. The summed E-state index contributed by atoms with van der Waals surface area (Å²) in [6, 6.07) is 9.38. The lowest BCUT2D eigenvalue weighted by molar-refractivity contribution is -0.00278. The van der Waals surface area contributed by atoms with E-state index in [1.807, 2.05) is 0 Å². The molecule has 4 bridgehead atoms. The summed E-state index contributed by atoms with van der Waals surface area (Å²) >= 11 is 2.41. The molecule has 1 heteroatoms. The normalized spacial score (nSPS) is 43.0. The summed E-state index contributed by atoms with van der Waals surface area (Å²) in [6.45, 7) is 0. The Hall–Kier alpha value is -0.0500. The lowest BCUT2D eigenvalue weighted by atomic mass is 9.51. The molecule has 4 fully saturated rings. The van der Waals surface area contributed by atoms with Crippen LogP contribution in [0.3, 0.4) is 0 Å². The average molecular weight is 338 g/mol. The summed E-state index contributed by atoms with van der Waals surface area (Å²) in [5, 5.41) is 0. The van der Waals surface area contributed by atoms with Gasteiger partial charge < -0.3 is 0 Å². The van der Waals surface area contributed by atoms with Gasteiger partial charge in [0.1, 0.15) is 0 Å². The Kier molecular flexibility index (Phi) is 2.53. The van der Waals surface area contributed by atoms with Gasteiger partial charge in [-0.15, -0.1) is 0 Å². The number of hydrogen-bond donors (Lipinski definition) is 0. The Morgan fingerprint density at radius 2 is 1.29 bits per heavy atom. The second-order valence-electron chi connectivity index (χ2n) is 6.51. The van der Waals surface area contributed by atoms with Gasteiger partial charge in [0, 0.05) is 3.57 Å². The van der Waals surface area contributed by atoms with Crippen LogP contribution in [0.1, 0.15) is 43.6 Å². The molecule has 0 N–H and O–H groups in total. The Labute approximate surface area is 117 Å². The maximum Gasteiger partial charge on any atom is 0.0130 e. The van der Waals surface area contributed by atoms with E-state index in [0.717, 1.165) is 29.6 Å². The molecule has 5 rings (SSSR count). The molecule has 4 aliphatic rings. The van der Waals surface area contributed by atoms with E-state index in [-0.39, 0.29) is 0 Å². The van der Waals surface area contributed by atoms with Crippen molar-refractivity contribution < 1.29 is 0 Å². The molecule has 0 nitrogen and oxygen atoms in total. The maximum atomic E-state index is 2.41. The molecule has 1 aromatic rings. The van der Waals surface area contributed by atoms with Crippen LogP contribution in [0.4, 0.5) is 0 Å². The minimum Gasteiger partial charge on any atom is -0.0577 e. The van der Waals surface area contributed by atoms with E-state index in [9.17, 15) is 0 Å². The molecule has 0 atom stereocenters. The zero-order chi connectivity index (χ0) is 11.4. The molecular formula is C16H19I. The van der Waals surface area contributed by atoms with Crippen molar-refractivity contribution in [2.75, 3.05) is 0 Å². The van der Waals surface area contributed by atoms with Crippen molar-refractivity contribution in [3.63, 3.8) is 0 Å². The third-order valence-electron chi connectivity index (χ3n) is 5.48. The number of hydrogen-bond acceptors (Lipinski definition) is 0. The second-order valence-corrected chi connectivity index (χ2v) is 7.75. The molecular weight excluding hydrogens is 319 g/mol. The van der Waals surface area contributed by atoms with E-state index in [0.29, 0.717) is 0 Å². The van der Waals surface area contributed by atoms with Crippen LogP contribution >= 0.6 is 22.6 Å². The van der Waals surface area contributed by atoms with E-state index in [1.165, 1.54) is 29.3 Å². The van der Waals surface area contributed by atoms with Crippen LogP contribution in [-0.2, 0) is 0 Å². The number of halogens is 1. The van der Waals surface area contributed by atoms with Crippen LogP contribution in [0.25, 0.3) is 0 Å². The average Bonchev–Trinajstić information content (AvgIpc) is 2.30. The second kappa shape index (κ2) is 3.97. The highest BCUT2D eigenvalue weighted by Crippen LogP contribution is 2.59. The summed E-state index contributed by atoms with van der Waals surface area (Å²) in [6.07, 6.45) is 7.69. The molecule has 0 unspecified atom stereocenters. The quantitative estimate of drug-likeness (QED) is 0.644. The fraction of sp³-hybridized carbons (Fsp3) is 0.625. The van der Waals surface area contributed by atoms with Gasteiger partial charge in [0.25, 0.3) is 0 Å². The molecule has 0 amide bonds. The molecule has 17 heavy (non-hydrogen) atoms. The predicted octanol–water partition coefficient (Wildman–Crippen LogP) is 4.83. The molecule has 0 aliphatic heterocycles. The fourth-order valence-corrected chi connectivity index (χ4v) is 5.51. The fourth-order valence-electron chi connectivity index (χ4n) is 5.15. The monoisotopic (exact) mass is 338 g/mol. The summed E-state index contributed by atoms with van der Waals surface area (Å²) in [4.78, 5) is 0. The maximum absolute atomic E-state index is 2.41. The number of benzene rings is 1. The van der Waals surface area contributed by atoms with Crippen LogP contribution in [0, 0.1) is 27.2 Å². The van der Waals surface area contributed by atoms with Crippen molar-refractivity contribution in [2.24, 2.45) is 23.7 Å². The lowest BCUT2D eigenvalue weighted by Gasteiger charge is -2.54. The van der Waals surface area contributed by atoms with Crippen LogP contribution in [0.15, 0.2) is 24.3 Å². The van der Waals surface area contributed by atoms with E-state index >= 15 is 0 Å². The van der Waals surface area contributed by atoms with Gasteiger partial charge in [0.15, 0.2) is 0 Å². The van der Waals surface area contributed by atoms with Crippen molar-refractivity contribution in [2.45, 2.75) is 38.0 Å². The summed E-state index contributed by atoms with van der Waals surface area (Å²) in [5.74, 6) is 5.13. The molecule has 90 valence electrons. The van der Waals surface area contributed by atoms with E-state index in [2.05, 4.69) is 46.9 Å². The minimum atomic E-state index is 0.903. The lowest BCUT2D eigenvalue weighted by Crippen LogP contribution is -2.43. The van der Waals surface area contributed by atoms with Crippen LogP contribution < -0.4 is 0 Å². The smallest absolute Gasteiger partial charge is 0.0130 e. The summed E-state index contributed by atoms with van der Waals surface area (Å²) in [7, 11) is 0. The van der Waals surface area contributed by atoms with Gasteiger partial charge in [0.2, 0.25) is 0 Å². The Morgan fingerprint density at radius 1 is 0.765 bits per heavy atom. The van der Waals surface area contributed by atoms with E-state index in [1.54, 1.807) is 12.0 Å². The van der Waals surface area contributed by atoms with Crippen molar-refractivity contribution in [1.82, 2.24) is 0 Å². The molecule has 0 aromatic heterocycles. The van der Waals surface area contributed by atoms with Gasteiger partial charge in [-0.05, 0) is 102 Å². The highest BCUT2D eigenvalue weighted by Gasteiger charge is 2.48. The third kappa shape index (κ3) is 1.76. The van der Waals surface area contributed by atoms with Crippen molar-refractivity contribution in [3.05, 3.63) is 33.4 Å².